The Morgan fingerprint density at radius 1 is 1.36 bits per heavy atom. The fourth-order valence-electron chi connectivity index (χ4n) is 2.06. The summed E-state index contributed by atoms with van der Waals surface area (Å²) in [6, 6.07) is 6.60. The van der Waals surface area contributed by atoms with E-state index < -0.39 is 12.0 Å². The largest absolute Gasteiger partial charge is 0.497 e. The van der Waals surface area contributed by atoms with Crippen molar-refractivity contribution >= 4 is 11.9 Å². The lowest BCUT2D eigenvalue weighted by Crippen LogP contribution is -2.43. The van der Waals surface area contributed by atoms with Crippen LogP contribution in [0.5, 0.6) is 5.75 Å². The van der Waals surface area contributed by atoms with Crippen molar-refractivity contribution in [3.05, 3.63) is 42.5 Å². The van der Waals surface area contributed by atoms with Crippen molar-refractivity contribution in [2.24, 2.45) is 5.92 Å². The first kappa shape index (κ1) is 17.8. The Morgan fingerprint density at radius 2 is 2.00 bits per heavy atom. The molecule has 0 aromatic heterocycles. The number of hydrogen-bond acceptors (Lipinski definition) is 3. The van der Waals surface area contributed by atoms with Crippen LogP contribution in [0.25, 0.3) is 0 Å². The highest BCUT2D eigenvalue weighted by molar-refractivity contribution is 5.84. The van der Waals surface area contributed by atoms with Crippen LogP contribution < -0.4 is 10.1 Å². The molecule has 1 amide bonds. The third-order valence-corrected chi connectivity index (χ3v) is 3.42. The molecule has 120 valence electrons. The Morgan fingerprint density at radius 3 is 2.50 bits per heavy atom. The van der Waals surface area contributed by atoms with Crippen LogP contribution in [0.2, 0.25) is 0 Å². The van der Waals surface area contributed by atoms with Gasteiger partial charge in [0, 0.05) is 5.92 Å². The molecule has 1 aromatic rings. The molecule has 0 radical (unpaired) electrons. The normalized spacial score (nSPS) is 13.0. The molecule has 0 heterocycles. The number of carboxylic acid groups (broad SMARTS) is 1. The lowest BCUT2D eigenvalue weighted by atomic mass is 9.99. The Hall–Kier alpha value is -2.30. The van der Waals surface area contributed by atoms with Gasteiger partial charge in [-0.1, -0.05) is 25.1 Å². The average Bonchev–Trinajstić information content (AvgIpc) is 2.51. The van der Waals surface area contributed by atoms with Crippen LogP contribution in [0.15, 0.2) is 36.9 Å². The van der Waals surface area contributed by atoms with E-state index in [1.807, 2.05) is 24.3 Å². The predicted octanol–water partition coefficient (Wildman–Crippen LogP) is 2.41. The third-order valence-electron chi connectivity index (χ3n) is 3.42. The van der Waals surface area contributed by atoms with Crippen molar-refractivity contribution in [3.8, 4) is 5.75 Å². The second-order valence-corrected chi connectivity index (χ2v) is 5.22. The fraction of sp³-hybridized carbons (Fsp3) is 0.412. The van der Waals surface area contributed by atoms with Crippen molar-refractivity contribution in [2.45, 2.75) is 32.2 Å². The molecule has 5 heteroatoms. The molecule has 0 saturated carbocycles. The molecule has 2 unspecified atom stereocenters. The standard InChI is InChI=1S/C17H23NO4/c1-4-5-6-15(17(20)21)18-16(19)12(2)11-13-7-9-14(22-3)10-8-13/h4,7-10,12,15H,1,5-6,11H2,2-3H3,(H,18,19)(H,20,21). The zero-order valence-corrected chi connectivity index (χ0v) is 13.0. The van der Waals surface area contributed by atoms with Crippen LogP contribution in [-0.4, -0.2) is 30.1 Å². The van der Waals surface area contributed by atoms with Crippen LogP contribution in [0, 0.1) is 5.92 Å². The molecule has 1 aromatic carbocycles. The summed E-state index contributed by atoms with van der Waals surface area (Å²) in [6.45, 7) is 5.34. The predicted molar refractivity (Wildman–Crippen MR) is 84.9 cm³/mol. The maximum atomic E-state index is 12.1. The number of carboxylic acids is 1. The SMILES string of the molecule is C=CCCC(NC(=O)C(C)Cc1ccc(OC)cc1)C(=O)O. The molecule has 2 atom stereocenters. The molecular weight excluding hydrogens is 282 g/mol. The lowest BCUT2D eigenvalue weighted by Gasteiger charge is -2.17. The molecule has 5 nitrogen and oxygen atoms in total. The number of carbonyl (C=O) groups is 2. The van der Waals surface area contributed by atoms with Crippen molar-refractivity contribution in [2.75, 3.05) is 7.11 Å². The van der Waals surface area contributed by atoms with Crippen LogP contribution in [0.4, 0.5) is 0 Å². The summed E-state index contributed by atoms with van der Waals surface area (Å²) < 4.78 is 5.09. The van der Waals surface area contributed by atoms with Gasteiger partial charge >= 0.3 is 5.97 Å². The number of benzene rings is 1. The average molecular weight is 305 g/mol. The van der Waals surface area contributed by atoms with Crippen LogP contribution >= 0.6 is 0 Å². The van der Waals surface area contributed by atoms with Gasteiger partial charge in [-0.15, -0.1) is 6.58 Å². The summed E-state index contributed by atoms with van der Waals surface area (Å²) in [5.74, 6) is -0.825. The number of allylic oxidation sites excluding steroid dienone is 1. The second-order valence-electron chi connectivity index (χ2n) is 5.22. The maximum absolute atomic E-state index is 12.1. The molecule has 1 rings (SSSR count). The first-order chi connectivity index (χ1) is 10.5. The highest BCUT2D eigenvalue weighted by Crippen LogP contribution is 2.15. The summed E-state index contributed by atoms with van der Waals surface area (Å²) in [6.07, 6.45) is 3.08. The van der Waals surface area contributed by atoms with E-state index in [9.17, 15) is 9.59 Å². The van der Waals surface area contributed by atoms with Gasteiger partial charge in [-0.25, -0.2) is 4.79 Å². The minimum absolute atomic E-state index is 0.257. The van der Waals surface area contributed by atoms with E-state index in [1.165, 1.54) is 0 Å². The van der Waals surface area contributed by atoms with Gasteiger partial charge in [-0.2, -0.15) is 0 Å². The van der Waals surface area contributed by atoms with Crippen molar-refractivity contribution in [1.82, 2.24) is 5.32 Å². The molecule has 0 aliphatic heterocycles. The van der Waals surface area contributed by atoms with E-state index in [1.54, 1.807) is 20.1 Å². The smallest absolute Gasteiger partial charge is 0.326 e. The monoisotopic (exact) mass is 305 g/mol. The minimum Gasteiger partial charge on any atom is -0.497 e. The number of carbonyl (C=O) groups excluding carboxylic acids is 1. The van der Waals surface area contributed by atoms with Gasteiger partial charge in [0.05, 0.1) is 7.11 Å². The molecule has 0 aliphatic carbocycles. The van der Waals surface area contributed by atoms with Gasteiger partial charge in [-0.3, -0.25) is 4.79 Å². The molecule has 22 heavy (non-hydrogen) atoms. The molecule has 0 fully saturated rings. The number of amides is 1. The first-order valence-electron chi connectivity index (χ1n) is 7.25. The molecule has 0 saturated heterocycles. The quantitative estimate of drug-likeness (QED) is 0.687. The van der Waals surface area contributed by atoms with Crippen molar-refractivity contribution < 1.29 is 19.4 Å². The summed E-state index contributed by atoms with van der Waals surface area (Å²) in [5.41, 5.74) is 1.00. The maximum Gasteiger partial charge on any atom is 0.326 e. The number of ether oxygens (including phenoxy) is 1. The molecule has 0 aliphatic rings. The summed E-state index contributed by atoms with van der Waals surface area (Å²) in [4.78, 5) is 23.3. The lowest BCUT2D eigenvalue weighted by molar-refractivity contribution is -0.142. The highest BCUT2D eigenvalue weighted by atomic mass is 16.5. The number of nitrogens with one attached hydrogen (secondary N) is 1. The van der Waals surface area contributed by atoms with Crippen molar-refractivity contribution in [1.29, 1.82) is 0 Å². The van der Waals surface area contributed by atoms with Gasteiger partial charge < -0.3 is 15.2 Å². The number of hydrogen-bond donors (Lipinski definition) is 2. The summed E-state index contributed by atoms with van der Waals surface area (Å²) >= 11 is 0. The minimum atomic E-state index is -1.02. The molecule has 0 bridgehead atoms. The number of aliphatic carboxylic acids is 1. The Balaban J connectivity index is 2.58. The van der Waals surface area contributed by atoms with E-state index in [2.05, 4.69) is 11.9 Å². The molecule has 0 spiro atoms. The summed E-state index contributed by atoms with van der Waals surface area (Å²) in [7, 11) is 1.60. The number of methoxy groups -OCH3 is 1. The van der Waals surface area contributed by atoms with Gasteiger partial charge in [0.25, 0.3) is 0 Å². The Kier molecular flexibility index (Phi) is 7.16. The summed E-state index contributed by atoms with van der Waals surface area (Å²) in [5, 5.41) is 11.7. The van der Waals surface area contributed by atoms with E-state index in [4.69, 9.17) is 9.84 Å². The van der Waals surface area contributed by atoms with Gasteiger partial charge in [-0.05, 0) is 37.0 Å². The van der Waals surface area contributed by atoms with Crippen molar-refractivity contribution in [3.63, 3.8) is 0 Å². The second kappa shape index (κ2) is 8.87. The molecular formula is C17H23NO4. The molecule has 2 N–H and O–H groups in total. The first-order valence-corrected chi connectivity index (χ1v) is 7.25. The van der Waals surface area contributed by atoms with Crippen LogP contribution in [0.1, 0.15) is 25.3 Å². The zero-order chi connectivity index (χ0) is 16.5. The van der Waals surface area contributed by atoms with E-state index >= 15 is 0 Å². The topological polar surface area (TPSA) is 75.6 Å². The number of rotatable bonds is 9. The van der Waals surface area contributed by atoms with E-state index in [0.717, 1.165) is 11.3 Å². The highest BCUT2D eigenvalue weighted by Gasteiger charge is 2.22. The van der Waals surface area contributed by atoms with E-state index in [0.29, 0.717) is 19.3 Å². The zero-order valence-electron chi connectivity index (χ0n) is 13.0. The van der Waals surface area contributed by atoms with Gasteiger partial charge in [0.15, 0.2) is 0 Å². The van der Waals surface area contributed by atoms with Gasteiger partial charge in [0.1, 0.15) is 11.8 Å². The van der Waals surface area contributed by atoms with Crippen LogP contribution in [-0.2, 0) is 16.0 Å². The third kappa shape index (κ3) is 5.60. The van der Waals surface area contributed by atoms with Crippen LogP contribution in [0.3, 0.4) is 0 Å². The Bertz CT molecular complexity index is 510. The Labute approximate surface area is 131 Å². The van der Waals surface area contributed by atoms with E-state index in [-0.39, 0.29) is 11.8 Å². The fourth-order valence-corrected chi connectivity index (χ4v) is 2.06. The van der Waals surface area contributed by atoms with Gasteiger partial charge in [0.2, 0.25) is 5.91 Å².